The maximum Gasteiger partial charge on any atom is 0.225 e. The fourth-order valence-corrected chi connectivity index (χ4v) is 3.07. The molecular formula is C19H22BrN3O2. The van der Waals surface area contributed by atoms with Crippen LogP contribution in [0.4, 0.5) is 11.4 Å². The SMILES string of the molecule is NC(=O)C(CCCCC(=O)Nc1ccccc1Br)c1ccccc1N. The number of benzene rings is 2. The van der Waals surface area contributed by atoms with E-state index in [1.807, 2.05) is 42.5 Å². The summed E-state index contributed by atoms with van der Waals surface area (Å²) in [6.45, 7) is 0. The van der Waals surface area contributed by atoms with Crippen LogP contribution in [0.2, 0.25) is 0 Å². The molecule has 2 amide bonds. The lowest BCUT2D eigenvalue weighted by atomic mass is 9.91. The van der Waals surface area contributed by atoms with Gasteiger partial charge in [-0.1, -0.05) is 36.8 Å². The molecule has 5 N–H and O–H groups in total. The van der Waals surface area contributed by atoms with Gasteiger partial charge in [0.15, 0.2) is 0 Å². The Labute approximate surface area is 155 Å². The van der Waals surface area contributed by atoms with Crippen LogP contribution in [0.5, 0.6) is 0 Å². The van der Waals surface area contributed by atoms with Gasteiger partial charge in [-0.2, -0.15) is 0 Å². The summed E-state index contributed by atoms with van der Waals surface area (Å²) >= 11 is 3.40. The zero-order valence-corrected chi connectivity index (χ0v) is 15.5. The molecule has 6 heteroatoms. The normalized spacial score (nSPS) is 11.7. The highest BCUT2D eigenvalue weighted by molar-refractivity contribution is 9.10. The van der Waals surface area contributed by atoms with Gasteiger partial charge in [-0.25, -0.2) is 0 Å². The lowest BCUT2D eigenvalue weighted by molar-refractivity contribution is -0.119. The third-order valence-electron chi connectivity index (χ3n) is 4.01. The summed E-state index contributed by atoms with van der Waals surface area (Å²) in [7, 11) is 0. The standard InChI is InChI=1S/C19H22BrN3O2/c20-15-9-3-5-11-17(15)23-18(24)12-6-2-8-14(19(22)25)13-7-1-4-10-16(13)21/h1,3-5,7,9-11,14H,2,6,8,12,21H2,(H2,22,25)(H,23,24). The molecular weight excluding hydrogens is 382 g/mol. The van der Waals surface area contributed by atoms with E-state index in [1.54, 1.807) is 6.07 Å². The summed E-state index contributed by atoms with van der Waals surface area (Å²) < 4.78 is 0.844. The van der Waals surface area contributed by atoms with Gasteiger partial charge in [0, 0.05) is 16.6 Å². The molecule has 0 aliphatic rings. The first kappa shape index (κ1) is 19.0. The van der Waals surface area contributed by atoms with E-state index >= 15 is 0 Å². The Morgan fingerprint density at radius 3 is 2.40 bits per heavy atom. The van der Waals surface area contributed by atoms with E-state index in [2.05, 4.69) is 21.2 Å². The van der Waals surface area contributed by atoms with Crippen LogP contribution in [0.1, 0.15) is 37.2 Å². The number of halogens is 1. The molecule has 1 atom stereocenters. The second kappa shape index (κ2) is 9.22. The molecule has 0 bridgehead atoms. The number of amides is 2. The molecule has 0 radical (unpaired) electrons. The summed E-state index contributed by atoms with van der Waals surface area (Å²) in [4.78, 5) is 23.8. The number of nitrogens with two attached hydrogens (primary N) is 2. The van der Waals surface area contributed by atoms with Crippen LogP contribution >= 0.6 is 15.9 Å². The minimum Gasteiger partial charge on any atom is -0.398 e. The van der Waals surface area contributed by atoms with Crippen molar-refractivity contribution < 1.29 is 9.59 Å². The second-order valence-electron chi connectivity index (χ2n) is 5.86. The van der Waals surface area contributed by atoms with Crippen molar-refractivity contribution in [1.29, 1.82) is 0 Å². The average molecular weight is 404 g/mol. The van der Waals surface area contributed by atoms with Crippen LogP contribution in [0.25, 0.3) is 0 Å². The minimum absolute atomic E-state index is 0.0539. The lowest BCUT2D eigenvalue weighted by Crippen LogP contribution is -2.22. The third kappa shape index (κ3) is 5.60. The number of primary amides is 1. The van der Waals surface area contributed by atoms with E-state index in [0.29, 0.717) is 31.4 Å². The number of carbonyl (C=O) groups is 2. The smallest absolute Gasteiger partial charge is 0.225 e. The Kier molecular flexibility index (Phi) is 7.01. The summed E-state index contributed by atoms with van der Waals surface area (Å²) in [5.41, 5.74) is 13.5. The van der Waals surface area contributed by atoms with Crippen LogP contribution in [-0.2, 0) is 9.59 Å². The molecule has 0 aliphatic heterocycles. The lowest BCUT2D eigenvalue weighted by Gasteiger charge is -2.15. The predicted molar refractivity (Wildman–Crippen MR) is 104 cm³/mol. The van der Waals surface area contributed by atoms with E-state index < -0.39 is 11.8 Å². The summed E-state index contributed by atoms with van der Waals surface area (Å²) in [6.07, 6.45) is 2.35. The van der Waals surface area contributed by atoms with Crippen LogP contribution in [0.3, 0.4) is 0 Å². The van der Waals surface area contributed by atoms with Gasteiger partial charge in [-0.05, 0) is 52.5 Å². The molecule has 0 aliphatic carbocycles. The Morgan fingerprint density at radius 1 is 1.04 bits per heavy atom. The minimum atomic E-state index is -0.424. The van der Waals surface area contributed by atoms with Crippen molar-refractivity contribution in [2.75, 3.05) is 11.1 Å². The van der Waals surface area contributed by atoms with E-state index in [-0.39, 0.29) is 5.91 Å². The van der Waals surface area contributed by atoms with Gasteiger partial charge in [0.1, 0.15) is 0 Å². The number of hydrogen-bond acceptors (Lipinski definition) is 3. The van der Waals surface area contributed by atoms with Gasteiger partial charge < -0.3 is 16.8 Å². The Balaban J connectivity index is 1.83. The molecule has 1 unspecified atom stereocenters. The van der Waals surface area contributed by atoms with Gasteiger partial charge in [-0.3, -0.25) is 9.59 Å². The fourth-order valence-electron chi connectivity index (χ4n) is 2.69. The molecule has 0 spiro atoms. The highest BCUT2D eigenvalue weighted by atomic mass is 79.9. The molecule has 0 aromatic heterocycles. The highest BCUT2D eigenvalue weighted by Gasteiger charge is 2.19. The second-order valence-corrected chi connectivity index (χ2v) is 6.71. The van der Waals surface area contributed by atoms with Crippen LogP contribution < -0.4 is 16.8 Å². The number of nitrogens with one attached hydrogen (secondary N) is 1. The monoisotopic (exact) mass is 403 g/mol. The molecule has 2 aromatic rings. The van der Waals surface area contributed by atoms with Crippen LogP contribution in [0.15, 0.2) is 53.0 Å². The first-order valence-electron chi connectivity index (χ1n) is 8.17. The molecule has 132 valence electrons. The first-order valence-corrected chi connectivity index (χ1v) is 8.96. The molecule has 2 aromatic carbocycles. The van der Waals surface area contributed by atoms with Gasteiger partial charge in [0.05, 0.1) is 11.6 Å². The van der Waals surface area contributed by atoms with Crippen molar-refractivity contribution in [1.82, 2.24) is 0 Å². The number of nitrogen functional groups attached to an aromatic ring is 1. The summed E-state index contributed by atoms with van der Waals surface area (Å²) in [5.74, 6) is -0.871. The predicted octanol–water partition coefficient (Wildman–Crippen LogP) is 3.80. The molecule has 5 nitrogen and oxygen atoms in total. The third-order valence-corrected chi connectivity index (χ3v) is 4.70. The van der Waals surface area contributed by atoms with Crippen molar-refractivity contribution in [3.05, 3.63) is 58.6 Å². The van der Waals surface area contributed by atoms with Gasteiger partial charge in [-0.15, -0.1) is 0 Å². The number of carbonyl (C=O) groups excluding carboxylic acids is 2. The Hall–Kier alpha value is -2.34. The maximum atomic E-state index is 12.0. The highest BCUT2D eigenvalue weighted by Crippen LogP contribution is 2.27. The first-order chi connectivity index (χ1) is 12.0. The van der Waals surface area contributed by atoms with E-state index in [1.165, 1.54) is 0 Å². The maximum absolute atomic E-state index is 12.0. The van der Waals surface area contributed by atoms with Crippen molar-refractivity contribution in [3.63, 3.8) is 0 Å². The van der Waals surface area contributed by atoms with Crippen LogP contribution in [-0.4, -0.2) is 11.8 Å². The molecule has 0 fully saturated rings. The van der Waals surface area contributed by atoms with Gasteiger partial charge in [0.2, 0.25) is 11.8 Å². The Morgan fingerprint density at radius 2 is 1.72 bits per heavy atom. The zero-order chi connectivity index (χ0) is 18.2. The number of hydrogen-bond donors (Lipinski definition) is 3. The van der Waals surface area contributed by atoms with Gasteiger partial charge >= 0.3 is 0 Å². The number of rotatable bonds is 8. The quantitative estimate of drug-likeness (QED) is 0.461. The molecule has 0 saturated carbocycles. The fraction of sp³-hybridized carbons (Fsp3) is 0.263. The van der Waals surface area contributed by atoms with Crippen molar-refractivity contribution in [2.24, 2.45) is 5.73 Å². The molecule has 2 rings (SSSR count). The van der Waals surface area contributed by atoms with Crippen molar-refractivity contribution in [3.8, 4) is 0 Å². The number of unbranched alkanes of at least 4 members (excludes halogenated alkanes) is 1. The topological polar surface area (TPSA) is 98.2 Å². The van der Waals surface area contributed by atoms with E-state index in [0.717, 1.165) is 15.7 Å². The average Bonchev–Trinajstić information content (AvgIpc) is 2.58. The van der Waals surface area contributed by atoms with Crippen molar-refractivity contribution >= 4 is 39.1 Å². The Bertz CT molecular complexity index is 749. The zero-order valence-electron chi connectivity index (χ0n) is 13.9. The summed E-state index contributed by atoms with van der Waals surface area (Å²) in [6, 6.07) is 14.7. The number of para-hydroxylation sites is 2. The summed E-state index contributed by atoms with van der Waals surface area (Å²) in [5, 5.41) is 2.86. The van der Waals surface area contributed by atoms with E-state index in [9.17, 15) is 9.59 Å². The van der Waals surface area contributed by atoms with Gasteiger partial charge in [0.25, 0.3) is 0 Å². The molecule has 25 heavy (non-hydrogen) atoms. The van der Waals surface area contributed by atoms with E-state index in [4.69, 9.17) is 11.5 Å². The van der Waals surface area contributed by atoms with Crippen molar-refractivity contribution in [2.45, 2.75) is 31.6 Å². The molecule has 0 saturated heterocycles. The largest absolute Gasteiger partial charge is 0.398 e. The van der Waals surface area contributed by atoms with Crippen LogP contribution in [0, 0.1) is 0 Å². The molecule has 0 heterocycles. The number of anilines is 2.